The largest absolute Gasteiger partial charge is 0.480 e. The van der Waals surface area contributed by atoms with Gasteiger partial charge in [0.25, 0.3) is 0 Å². The second-order valence-corrected chi connectivity index (χ2v) is 7.12. The summed E-state index contributed by atoms with van der Waals surface area (Å²) in [4.78, 5) is 13.6. The van der Waals surface area contributed by atoms with Crippen molar-refractivity contribution in [3.63, 3.8) is 0 Å². The number of aliphatic carboxylic acids is 1. The van der Waals surface area contributed by atoms with Crippen molar-refractivity contribution >= 4 is 40.8 Å². The van der Waals surface area contributed by atoms with Gasteiger partial charge in [-0.3, -0.25) is 9.69 Å². The Morgan fingerprint density at radius 2 is 1.83 bits per heavy atom. The van der Waals surface area contributed by atoms with Crippen LogP contribution in [0, 0.1) is 0 Å². The zero-order valence-corrected chi connectivity index (χ0v) is 15.0. The summed E-state index contributed by atoms with van der Waals surface area (Å²) in [6.45, 7) is 0.703. The second-order valence-electron chi connectivity index (χ2n) is 5.87. The van der Waals surface area contributed by atoms with Crippen molar-refractivity contribution in [1.29, 1.82) is 0 Å². The molecule has 1 heterocycles. The first-order valence-electron chi connectivity index (χ1n) is 7.66. The Hall–Kier alpha value is -1.26. The normalized spacial score (nSPS) is 19.4. The van der Waals surface area contributed by atoms with Crippen molar-refractivity contribution < 1.29 is 9.90 Å². The minimum absolute atomic E-state index is 0.234. The van der Waals surface area contributed by atoms with Gasteiger partial charge in [-0.15, -0.1) is 0 Å². The fraction of sp³-hybridized carbons (Fsp3) is 0.278. The maximum absolute atomic E-state index is 11.7. The van der Waals surface area contributed by atoms with E-state index < -0.39 is 12.0 Å². The first-order valence-corrected chi connectivity index (χ1v) is 8.79. The van der Waals surface area contributed by atoms with E-state index in [0.717, 1.165) is 17.5 Å². The van der Waals surface area contributed by atoms with Gasteiger partial charge < -0.3 is 5.11 Å². The quantitative estimate of drug-likeness (QED) is 0.779. The summed E-state index contributed by atoms with van der Waals surface area (Å²) >= 11 is 18.4. The van der Waals surface area contributed by atoms with Crippen molar-refractivity contribution in [1.82, 2.24) is 4.90 Å². The number of hydrogen-bond donors (Lipinski definition) is 1. The third-order valence-corrected chi connectivity index (χ3v) is 5.31. The lowest BCUT2D eigenvalue weighted by atomic mass is 9.96. The van der Waals surface area contributed by atoms with Gasteiger partial charge in [-0.25, -0.2) is 0 Å². The van der Waals surface area contributed by atoms with Crippen LogP contribution < -0.4 is 0 Å². The predicted molar refractivity (Wildman–Crippen MR) is 97.1 cm³/mol. The second kappa shape index (κ2) is 7.32. The lowest BCUT2D eigenvalue weighted by Crippen LogP contribution is -2.39. The monoisotopic (exact) mass is 383 g/mol. The van der Waals surface area contributed by atoms with Crippen LogP contribution in [0.5, 0.6) is 0 Å². The maximum Gasteiger partial charge on any atom is 0.320 e. The number of hydrogen-bond acceptors (Lipinski definition) is 2. The molecule has 0 aromatic heterocycles. The van der Waals surface area contributed by atoms with E-state index in [1.54, 1.807) is 18.2 Å². The van der Waals surface area contributed by atoms with Crippen LogP contribution in [0.2, 0.25) is 15.1 Å². The highest BCUT2D eigenvalue weighted by Crippen LogP contribution is 2.37. The molecular weight excluding hydrogens is 369 g/mol. The molecule has 1 aliphatic heterocycles. The highest BCUT2D eigenvalue weighted by molar-refractivity contribution is 6.42. The number of carboxylic acids is 1. The fourth-order valence-electron chi connectivity index (χ4n) is 3.30. The number of carbonyl (C=O) groups is 1. The van der Waals surface area contributed by atoms with Crippen LogP contribution in [-0.2, 0) is 4.79 Å². The molecule has 0 radical (unpaired) electrons. The number of rotatable bonds is 4. The molecule has 1 aliphatic rings. The Morgan fingerprint density at radius 3 is 2.50 bits per heavy atom. The third-order valence-electron chi connectivity index (χ3n) is 4.33. The minimum atomic E-state index is -0.806. The van der Waals surface area contributed by atoms with Crippen molar-refractivity contribution in [3.05, 3.63) is 68.7 Å². The summed E-state index contributed by atoms with van der Waals surface area (Å²) in [5, 5.41) is 11.1. The molecular formula is C18H16Cl3NO2. The first-order chi connectivity index (χ1) is 11.5. The minimum Gasteiger partial charge on any atom is -0.480 e. The molecule has 1 fully saturated rings. The number of carboxylic acid groups (broad SMARTS) is 1. The zero-order chi connectivity index (χ0) is 17.3. The highest BCUT2D eigenvalue weighted by atomic mass is 35.5. The van der Waals surface area contributed by atoms with Gasteiger partial charge in [0.05, 0.1) is 16.1 Å². The van der Waals surface area contributed by atoms with Crippen LogP contribution >= 0.6 is 34.8 Å². The van der Waals surface area contributed by atoms with Crippen LogP contribution in [0.3, 0.4) is 0 Å². The van der Waals surface area contributed by atoms with E-state index in [-0.39, 0.29) is 6.04 Å². The number of benzene rings is 2. The molecule has 1 N–H and O–H groups in total. The van der Waals surface area contributed by atoms with E-state index in [9.17, 15) is 9.90 Å². The van der Waals surface area contributed by atoms with Gasteiger partial charge >= 0.3 is 5.97 Å². The SMILES string of the molecule is O=C(O)C1CCCN1C(c1cccc(Cl)c1)c1ccc(Cl)c(Cl)c1. The van der Waals surface area contributed by atoms with E-state index >= 15 is 0 Å². The molecule has 2 aromatic rings. The Bertz CT molecular complexity index is 766. The Labute approximate surface area is 155 Å². The van der Waals surface area contributed by atoms with Crippen LogP contribution in [0.25, 0.3) is 0 Å². The van der Waals surface area contributed by atoms with Crippen molar-refractivity contribution in [2.45, 2.75) is 24.9 Å². The average molecular weight is 385 g/mol. The third kappa shape index (κ3) is 3.55. The Morgan fingerprint density at radius 1 is 1.08 bits per heavy atom. The predicted octanol–water partition coefficient (Wildman–Crippen LogP) is 5.29. The Kier molecular flexibility index (Phi) is 5.36. The first kappa shape index (κ1) is 17.6. The molecule has 0 saturated carbocycles. The number of likely N-dealkylation sites (tertiary alicyclic amines) is 1. The van der Waals surface area contributed by atoms with E-state index in [1.807, 2.05) is 29.2 Å². The van der Waals surface area contributed by atoms with E-state index in [4.69, 9.17) is 34.8 Å². The molecule has 1 saturated heterocycles. The molecule has 0 spiro atoms. The van der Waals surface area contributed by atoms with E-state index in [0.29, 0.717) is 28.0 Å². The molecule has 3 nitrogen and oxygen atoms in total. The molecule has 0 bridgehead atoms. The molecule has 6 heteroatoms. The van der Waals surface area contributed by atoms with E-state index in [2.05, 4.69) is 0 Å². The summed E-state index contributed by atoms with van der Waals surface area (Å²) < 4.78 is 0. The summed E-state index contributed by atoms with van der Waals surface area (Å²) in [6, 6.07) is 12.2. The smallest absolute Gasteiger partial charge is 0.320 e. The lowest BCUT2D eigenvalue weighted by Gasteiger charge is -2.32. The van der Waals surface area contributed by atoms with Crippen LogP contribution in [-0.4, -0.2) is 28.6 Å². The molecule has 2 atom stereocenters. The summed E-state index contributed by atoms with van der Waals surface area (Å²) in [5.41, 5.74) is 1.84. The van der Waals surface area contributed by atoms with E-state index in [1.165, 1.54) is 0 Å². The van der Waals surface area contributed by atoms with Crippen molar-refractivity contribution in [2.24, 2.45) is 0 Å². The van der Waals surface area contributed by atoms with Crippen molar-refractivity contribution in [2.75, 3.05) is 6.54 Å². The van der Waals surface area contributed by atoms with Gasteiger partial charge in [0, 0.05) is 11.6 Å². The van der Waals surface area contributed by atoms with Crippen LogP contribution in [0.15, 0.2) is 42.5 Å². The topological polar surface area (TPSA) is 40.5 Å². The van der Waals surface area contributed by atoms with Crippen molar-refractivity contribution in [3.8, 4) is 0 Å². The standard InChI is InChI=1S/C18H16Cl3NO2/c19-13-4-1-3-11(9-13)17(12-6-7-14(20)15(21)10-12)22-8-2-5-16(22)18(23)24/h1,3-4,6-7,9-10,16-17H,2,5,8H2,(H,23,24). The van der Waals surface area contributed by atoms with Gasteiger partial charge in [0.2, 0.25) is 0 Å². The van der Waals surface area contributed by atoms with Gasteiger partial charge in [-0.1, -0.05) is 53.0 Å². The molecule has 126 valence electrons. The van der Waals surface area contributed by atoms with Crippen LogP contribution in [0.1, 0.15) is 30.0 Å². The summed E-state index contributed by atoms with van der Waals surface area (Å²) in [5.74, 6) is -0.806. The molecule has 24 heavy (non-hydrogen) atoms. The molecule has 3 rings (SSSR count). The van der Waals surface area contributed by atoms with Gasteiger partial charge in [0.15, 0.2) is 0 Å². The van der Waals surface area contributed by atoms with Gasteiger partial charge in [-0.2, -0.15) is 0 Å². The number of nitrogens with zero attached hydrogens (tertiary/aromatic N) is 1. The Balaban J connectivity index is 2.10. The summed E-state index contributed by atoms with van der Waals surface area (Å²) in [7, 11) is 0. The highest BCUT2D eigenvalue weighted by Gasteiger charge is 2.37. The van der Waals surface area contributed by atoms with Crippen LogP contribution in [0.4, 0.5) is 0 Å². The van der Waals surface area contributed by atoms with Gasteiger partial charge in [-0.05, 0) is 48.2 Å². The number of halogens is 3. The fourth-order valence-corrected chi connectivity index (χ4v) is 3.80. The lowest BCUT2D eigenvalue weighted by molar-refractivity contribution is -0.142. The zero-order valence-electron chi connectivity index (χ0n) is 12.8. The summed E-state index contributed by atoms with van der Waals surface area (Å²) in [6.07, 6.45) is 1.48. The maximum atomic E-state index is 11.7. The average Bonchev–Trinajstić information content (AvgIpc) is 3.01. The molecule has 2 unspecified atom stereocenters. The van der Waals surface area contributed by atoms with Gasteiger partial charge in [0.1, 0.15) is 6.04 Å². The molecule has 0 amide bonds. The molecule has 0 aliphatic carbocycles. The molecule has 2 aromatic carbocycles.